The van der Waals surface area contributed by atoms with Crippen molar-refractivity contribution < 1.29 is 29.1 Å². The highest BCUT2D eigenvalue weighted by atomic mass is 17.2. The largest absolute Gasteiger partial charge is 0.373 e. The monoisotopic (exact) mass is 382 g/mol. The fraction of sp³-hybridized carbons (Fsp3) is 0.273. The number of benzene rings is 2. The zero-order valence-corrected chi connectivity index (χ0v) is 16.2. The highest BCUT2D eigenvalue weighted by Gasteiger charge is 2.24. The van der Waals surface area contributed by atoms with Crippen LogP contribution in [-0.4, -0.2) is 23.1 Å². The Morgan fingerprint density at radius 2 is 0.964 bits per heavy atom. The van der Waals surface area contributed by atoms with Crippen molar-refractivity contribution in [1.29, 1.82) is 0 Å². The Bertz CT molecular complexity index is 789. The predicted molar refractivity (Wildman–Crippen MR) is 102 cm³/mol. The van der Waals surface area contributed by atoms with Crippen LogP contribution in [0.15, 0.2) is 60.7 Å². The van der Waals surface area contributed by atoms with Gasteiger partial charge in [-0.15, -0.1) is 0 Å². The molecule has 0 saturated heterocycles. The van der Waals surface area contributed by atoms with Crippen LogP contribution in [0.4, 0.5) is 0 Å². The van der Waals surface area contributed by atoms with Gasteiger partial charge in [-0.3, -0.25) is 9.78 Å². The molecule has 0 atom stereocenters. The molecule has 0 spiro atoms. The molecule has 6 heteroatoms. The van der Waals surface area contributed by atoms with E-state index in [-0.39, 0.29) is 0 Å². The molecule has 2 rings (SSSR count). The Morgan fingerprint density at radius 3 is 1.29 bits per heavy atom. The second kappa shape index (κ2) is 9.18. The third-order valence-corrected chi connectivity index (χ3v) is 3.33. The van der Waals surface area contributed by atoms with Gasteiger partial charge in [-0.2, -0.15) is 9.78 Å². The van der Waals surface area contributed by atoms with Crippen molar-refractivity contribution in [2.24, 2.45) is 0 Å². The van der Waals surface area contributed by atoms with Crippen LogP contribution in [0.2, 0.25) is 0 Å². The van der Waals surface area contributed by atoms with Gasteiger partial charge in [0, 0.05) is 0 Å². The highest BCUT2D eigenvalue weighted by Crippen LogP contribution is 2.14. The lowest BCUT2D eigenvalue weighted by atomic mass is 10.1. The van der Waals surface area contributed by atoms with Gasteiger partial charge in [0.05, 0.1) is 11.1 Å². The molecule has 0 aliphatic rings. The molecule has 0 amide bonds. The molecule has 146 valence electrons. The molecule has 0 fully saturated rings. The molecule has 0 aliphatic heterocycles. The maximum absolute atomic E-state index is 11.9. The Kier molecular flexibility index (Phi) is 6.94. The maximum Gasteiger partial charge on any atom is 0.373 e. The smallest absolute Gasteiger partial charge is 0.291 e. The number of carbonyl (C=O) groups is 2. The summed E-state index contributed by atoms with van der Waals surface area (Å²) in [5.74, 6) is 4.36. The molecule has 0 N–H and O–H groups in total. The third-order valence-electron chi connectivity index (χ3n) is 3.33. The first-order valence-electron chi connectivity index (χ1n) is 8.63. The summed E-state index contributed by atoms with van der Waals surface area (Å²) < 4.78 is 0. The third kappa shape index (κ3) is 6.88. The van der Waals surface area contributed by atoms with E-state index in [0.29, 0.717) is 11.1 Å². The van der Waals surface area contributed by atoms with E-state index < -0.39 is 23.1 Å². The molecule has 2 aromatic rings. The maximum atomic E-state index is 11.9. The van der Waals surface area contributed by atoms with Crippen molar-refractivity contribution in [2.75, 3.05) is 0 Å². The number of rotatable bonds is 6. The van der Waals surface area contributed by atoms with Gasteiger partial charge in [0.25, 0.3) is 0 Å². The first-order valence-corrected chi connectivity index (χ1v) is 8.63. The van der Waals surface area contributed by atoms with Crippen molar-refractivity contribution in [1.82, 2.24) is 0 Å². The zero-order valence-electron chi connectivity index (χ0n) is 16.2. The average molecular weight is 382 g/mol. The SMILES string of the molecule is CC(C)(C#CC(C)(C)OOC(=O)c1ccccc1)OOC(=O)c1ccccc1. The summed E-state index contributed by atoms with van der Waals surface area (Å²) >= 11 is 0. The van der Waals surface area contributed by atoms with Crippen LogP contribution in [0.3, 0.4) is 0 Å². The quantitative estimate of drug-likeness (QED) is 0.425. The Balaban J connectivity index is 1.89. The van der Waals surface area contributed by atoms with Crippen LogP contribution in [0.25, 0.3) is 0 Å². The predicted octanol–water partition coefficient (Wildman–Crippen LogP) is 4.12. The van der Waals surface area contributed by atoms with Crippen molar-refractivity contribution in [2.45, 2.75) is 38.9 Å². The molecule has 0 bridgehead atoms. The first-order chi connectivity index (χ1) is 13.2. The summed E-state index contributed by atoms with van der Waals surface area (Å²) in [5.41, 5.74) is -1.48. The average Bonchev–Trinajstić information content (AvgIpc) is 2.70. The van der Waals surface area contributed by atoms with Gasteiger partial charge in [-0.05, 0) is 52.0 Å². The van der Waals surface area contributed by atoms with Crippen molar-refractivity contribution >= 4 is 11.9 Å². The molecule has 6 nitrogen and oxygen atoms in total. The summed E-state index contributed by atoms with van der Waals surface area (Å²) in [7, 11) is 0. The van der Waals surface area contributed by atoms with Crippen LogP contribution in [-0.2, 0) is 19.6 Å². The van der Waals surface area contributed by atoms with Crippen LogP contribution < -0.4 is 0 Å². The van der Waals surface area contributed by atoms with E-state index in [1.54, 1.807) is 88.4 Å². The minimum absolute atomic E-state index is 0.364. The molecular weight excluding hydrogens is 360 g/mol. The second-order valence-electron chi connectivity index (χ2n) is 6.91. The standard InChI is InChI=1S/C22H22O6/c1-21(2,27-25-19(23)17-11-7-5-8-12-17)15-16-22(3,4)28-26-20(24)18-13-9-6-10-14-18/h5-14H,1-4H3. The fourth-order valence-corrected chi connectivity index (χ4v) is 1.87. The van der Waals surface area contributed by atoms with Gasteiger partial charge in [0.15, 0.2) is 11.2 Å². The summed E-state index contributed by atoms with van der Waals surface area (Å²) in [5, 5.41) is 0. The highest BCUT2D eigenvalue weighted by molar-refractivity contribution is 5.89. The summed E-state index contributed by atoms with van der Waals surface area (Å²) in [6, 6.07) is 16.9. The molecule has 0 radical (unpaired) electrons. The molecular formula is C22H22O6. The summed E-state index contributed by atoms with van der Waals surface area (Å²) in [4.78, 5) is 43.8. The summed E-state index contributed by atoms with van der Waals surface area (Å²) in [6.45, 7) is 6.52. The van der Waals surface area contributed by atoms with E-state index in [9.17, 15) is 9.59 Å². The van der Waals surface area contributed by atoms with E-state index in [1.807, 2.05) is 0 Å². The minimum Gasteiger partial charge on any atom is -0.291 e. The van der Waals surface area contributed by atoms with Gasteiger partial charge in [0.2, 0.25) is 0 Å². The molecule has 28 heavy (non-hydrogen) atoms. The van der Waals surface area contributed by atoms with Gasteiger partial charge < -0.3 is 0 Å². The lowest BCUT2D eigenvalue weighted by molar-refractivity contribution is -0.292. The molecule has 0 unspecified atom stereocenters. The Labute approximate surface area is 164 Å². The fourth-order valence-electron chi connectivity index (χ4n) is 1.87. The van der Waals surface area contributed by atoms with Gasteiger partial charge in [-0.25, -0.2) is 9.59 Å². The van der Waals surface area contributed by atoms with E-state index in [4.69, 9.17) is 19.6 Å². The van der Waals surface area contributed by atoms with Crippen LogP contribution in [0, 0.1) is 11.8 Å². The zero-order chi connectivity index (χ0) is 20.6. The lowest BCUT2D eigenvalue weighted by Crippen LogP contribution is -2.28. The lowest BCUT2D eigenvalue weighted by Gasteiger charge is -2.19. The van der Waals surface area contributed by atoms with Crippen LogP contribution in [0.5, 0.6) is 0 Å². The van der Waals surface area contributed by atoms with Gasteiger partial charge >= 0.3 is 11.9 Å². The topological polar surface area (TPSA) is 71.1 Å². The van der Waals surface area contributed by atoms with Crippen LogP contribution in [0.1, 0.15) is 48.4 Å². The van der Waals surface area contributed by atoms with E-state index in [1.165, 1.54) is 0 Å². The van der Waals surface area contributed by atoms with Crippen molar-refractivity contribution in [3.05, 3.63) is 71.8 Å². The minimum atomic E-state index is -1.10. The molecule has 0 aliphatic carbocycles. The molecule has 0 heterocycles. The van der Waals surface area contributed by atoms with E-state index >= 15 is 0 Å². The van der Waals surface area contributed by atoms with Crippen molar-refractivity contribution in [3.8, 4) is 11.8 Å². The number of hydrogen-bond acceptors (Lipinski definition) is 6. The van der Waals surface area contributed by atoms with Gasteiger partial charge in [0.1, 0.15) is 0 Å². The van der Waals surface area contributed by atoms with Crippen LogP contribution >= 0.6 is 0 Å². The normalized spacial score (nSPS) is 11.1. The molecule has 0 aromatic heterocycles. The van der Waals surface area contributed by atoms with Crippen molar-refractivity contribution in [3.63, 3.8) is 0 Å². The van der Waals surface area contributed by atoms with E-state index in [2.05, 4.69) is 11.8 Å². The Hall–Kier alpha value is -3.14. The second-order valence-corrected chi connectivity index (χ2v) is 6.91. The summed E-state index contributed by atoms with van der Waals surface area (Å²) in [6.07, 6.45) is 0. The Morgan fingerprint density at radius 1 is 0.643 bits per heavy atom. The molecule has 2 aromatic carbocycles. The first kappa shape index (κ1) is 21.2. The van der Waals surface area contributed by atoms with Gasteiger partial charge in [-0.1, -0.05) is 48.2 Å². The molecule has 0 saturated carbocycles. The van der Waals surface area contributed by atoms with E-state index in [0.717, 1.165) is 0 Å². The number of carbonyl (C=O) groups excluding carboxylic acids is 2. The number of hydrogen-bond donors (Lipinski definition) is 0.